The van der Waals surface area contributed by atoms with Gasteiger partial charge in [0.2, 0.25) is 0 Å². The van der Waals surface area contributed by atoms with E-state index in [0.29, 0.717) is 24.8 Å². The van der Waals surface area contributed by atoms with Gasteiger partial charge in [0.15, 0.2) is 0 Å². The number of hydrogen-bond acceptors (Lipinski definition) is 3. The molecule has 1 atom stereocenters. The quantitative estimate of drug-likeness (QED) is 0.608. The molecule has 0 aliphatic carbocycles. The summed E-state index contributed by atoms with van der Waals surface area (Å²) in [5.74, 6) is -0.681. The summed E-state index contributed by atoms with van der Waals surface area (Å²) < 4.78 is 0. The van der Waals surface area contributed by atoms with Crippen molar-refractivity contribution in [2.45, 2.75) is 32.3 Å². The van der Waals surface area contributed by atoms with Crippen molar-refractivity contribution < 1.29 is 14.7 Å². The Hall–Kier alpha value is -1.16. The van der Waals surface area contributed by atoms with E-state index in [4.69, 9.17) is 0 Å². The van der Waals surface area contributed by atoms with Crippen LogP contribution in [0.15, 0.2) is 11.6 Å². The molecule has 72 valence electrons. The lowest BCUT2D eigenvalue weighted by molar-refractivity contribution is -0.123. The molecule has 0 fully saturated rings. The first-order valence-corrected chi connectivity index (χ1v) is 4.37. The third-order valence-corrected chi connectivity index (χ3v) is 2.05. The van der Waals surface area contributed by atoms with Crippen molar-refractivity contribution in [2.24, 2.45) is 0 Å². The number of nitrogens with one attached hydrogen (secondary N) is 1. The van der Waals surface area contributed by atoms with Crippen molar-refractivity contribution in [1.82, 2.24) is 5.32 Å². The predicted octanol–water partition coefficient (Wildman–Crippen LogP) is 0.120. The molecule has 4 nitrogen and oxygen atoms in total. The lowest BCUT2D eigenvalue weighted by Gasteiger charge is -2.05. The summed E-state index contributed by atoms with van der Waals surface area (Å²) in [5.41, 5.74) is 0.470. The van der Waals surface area contributed by atoms with Crippen LogP contribution in [0.3, 0.4) is 0 Å². The molecule has 4 heteroatoms. The molecule has 1 aliphatic rings. The van der Waals surface area contributed by atoms with Gasteiger partial charge >= 0.3 is 0 Å². The Balaban J connectivity index is 2.41. The average Bonchev–Trinajstić information content (AvgIpc) is 2.41. The van der Waals surface area contributed by atoms with E-state index in [0.717, 1.165) is 0 Å². The second-order valence-corrected chi connectivity index (χ2v) is 3.09. The fourth-order valence-electron chi connectivity index (χ4n) is 1.16. The SMILES string of the molecule is CCC(O)CCC1=CC(=O)NC1=O. The first kappa shape index (κ1) is 9.92. The number of aliphatic hydroxyl groups is 1. The van der Waals surface area contributed by atoms with E-state index >= 15 is 0 Å². The van der Waals surface area contributed by atoms with Crippen molar-refractivity contribution in [2.75, 3.05) is 0 Å². The Labute approximate surface area is 76.6 Å². The van der Waals surface area contributed by atoms with Crippen LogP contribution < -0.4 is 5.32 Å². The van der Waals surface area contributed by atoms with Crippen LogP contribution in [0.2, 0.25) is 0 Å². The average molecular weight is 183 g/mol. The molecule has 0 aromatic carbocycles. The minimum atomic E-state index is -0.385. The highest BCUT2D eigenvalue weighted by atomic mass is 16.3. The zero-order valence-corrected chi connectivity index (χ0v) is 7.54. The molecule has 1 rings (SSSR count). The van der Waals surface area contributed by atoms with E-state index in [1.54, 1.807) is 0 Å². The summed E-state index contributed by atoms with van der Waals surface area (Å²) in [6.07, 6.45) is 2.58. The zero-order chi connectivity index (χ0) is 9.84. The molecule has 13 heavy (non-hydrogen) atoms. The maximum Gasteiger partial charge on any atom is 0.254 e. The Morgan fingerprint density at radius 1 is 1.54 bits per heavy atom. The fourth-order valence-corrected chi connectivity index (χ4v) is 1.16. The Bertz CT molecular complexity index is 258. The molecule has 0 saturated heterocycles. The van der Waals surface area contributed by atoms with Crippen LogP contribution in [0.1, 0.15) is 26.2 Å². The van der Waals surface area contributed by atoms with Crippen LogP contribution in [-0.2, 0) is 9.59 Å². The van der Waals surface area contributed by atoms with Crippen LogP contribution in [0, 0.1) is 0 Å². The van der Waals surface area contributed by atoms with Crippen LogP contribution in [-0.4, -0.2) is 23.0 Å². The number of carbonyl (C=O) groups excluding carboxylic acids is 2. The first-order valence-electron chi connectivity index (χ1n) is 4.37. The third kappa shape index (κ3) is 2.66. The summed E-state index contributed by atoms with van der Waals surface area (Å²) in [6.45, 7) is 1.87. The van der Waals surface area contributed by atoms with Crippen LogP contribution >= 0.6 is 0 Å². The van der Waals surface area contributed by atoms with Crippen molar-refractivity contribution in [3.63, 3.8) is 0 Å². The fraction of sp³-hybridized carbons (Fsp3) is 0.556. The van der Waals surface area contributed by atoms with E-state index in [-0.39, 0.29) is 17.9 Å². The molecular formula is C9H13NO3. The van der Waals surface area contributed by atoms with Gasteiger partial charge in [-0.1, -0.05) is 6.92 Å². The van der Waals surface area contributed by atoms with Crippen molar-refractivity contribution in [3.05, 3.63) is 11.6 Å². The van der Waals surface area contributed by atoms with Crippen molar-refractivity contribution in [1.29, 1.82) is 0 Å². The van der Waals surface area contributed by atoms with Gasteiger partial charge in [0.1, 0.15) is 0 Å². The molecule has 2 N–H and O–H groups in total. The molecule has 0 radical (unpaired) electrons. The van der Waals surface area contributed by atoms with Gasteiger partial charge < -0.3 is 5.11 Å². The van der Waals surface area contributed by atoms with Crippen LogP contribution in [0.25, 0.3) is 0 Å². The van der Waals surface area contributed by atoms with Gasteiger partial charge in [-0.2, -0.15) is 0 Å². The molecule has 0 saturated carbocycles. The highest BCUT2D eigenvalue weighted by Crippen LogP contribution is 2.12. The standard InChI is InChI=1S/C9H13NO3/c1-2-7(11)4-3-6-5-8(12)10-9(6)13/h5,7,11H,2-4H2,1H3,(H,10,12,13). The van der Waals surface area contributed by atoms with Gasteiger partial charge in [0, 0.05) is 11.6 Å². The summed E-state index contributed by atoms with van der Waals surface area (Å²) in [6, 6.07) is 0. The number of amides is 2. The highest BCUT2D eigenvalue weighted by molar-refractivity contribution is 6.16. The van der Waals surface area contributed by atoms with E-state index in [1.807, 2.05) is 6.92 Å². The molecule has 1 unspecified atom stereocenters. The maximum atomic E-state index is 11.0. The molecular weight excluding hydrogens is 170 g/mol. The van der Waals surface area contributed by atoms with Crippen molar-refractivity contribution in [3.8, 4) is 0 Å². The Morgan fingerprint density at radius 2 is 2.23 bits per heavy atom. The first-order chi connectivity index (χ1) is 6.13. The second-order valence-electron chi connectivity index (χ2n) is 3.09. The third-order valence-electron chi connectivity index (χ3n) is 2.05. The van der Waals surface area contributed by atoms with Gasteiger partial charge in [0.25, 0.3) is 11.8 Å². The molecule has 0 spiro atoms. The Morgan fingerprint density at radius 3 is 2.69 bits per heavy atom. The molecule has 0 aromatic heterocycles. The molecule has 1 heterocycles. The lowest BCUT2D eigenvalue weighted by Crippen LogP contribution is -2.22. The number of aliphatic hydroxyl groups excluding tert-OH is 1. The minimum Gasteiger partial charge on any atom is -0.393 e. The second kappa shape index (κ2) is 4.18. The van der Waals surface area contributed by atoms with Gasteiger partial charge in [-0.15, -0.1) is 0 Å². The highest BCUT2D eigenvalue weighted by Gasteiger charge is 2.20. The molecule has 1 aliphatic heterocycles. The molecule has 0 aromatic rings. The monoisotopic (exact) mass is 183 g/mol. The van der Waals surface area contributed by atoms with Gasteiger partial charge in [-0.3, -0.25) is 14.9 Å². The summed E-state index contributed by atoms with van der Waals surface area (Å²) in [4.78, 5) is 21.7. The van der Waals surface area contributed by atoms with Crippen molar-refractivity contribution >= 4 is 11.8 Å². The largest absolute Gasteiger partial charge is 0.393 e. The normalized spacial score (nSPS) is 18.5. The maximum absolute atomic E-state index is 11.0. The number of rotatable bonds is 4. The van der Waals surface area contributed by atoms with Crippen LogP contribution in [0.4, 0.5) is 0 Å². The summed E-state index contributed by atoms with van der Waals surface area (Å²) in [5, 5.41) is 11.4. The minimum absolute atomic E-state index is 0.326. The number of hydrogen-bond donors (Lipinski definition) is 2. The van der Waals surface area contributed by atoms with E-state index in [9.17, 15) is 14.7 Å². The summed E-state index contributed by atoms with van der Waals surface area (Å²) >= 11 is 0. The van der Waals surface area contributed by atoms with Gasteiger partial charge in [-0.05, 0) is 19.3 Å². The lowest BCUT2D eigenvalue weighted by atomic mass is 10.1. The Kier molecular flexibility index (Phi) is 3.19. The van der Waals surface area contributed by atoms with Gasteiger partial charge in [0.05, 0.1) is 6.10 Å². The topological polar surface area (TPSA) is 66.4 Å². The summed E-state index contributed by atoms with van der Waals surface area (Å²) in [7, 11) is 0. The predicted molar refractivity (Wildman–Crippen MR) is 46.8 cm³/mol. The van der Waals surface area contributed by atoms with Gasteiger partial charge in [-0.25, -0.2) is 0 Å². The smallest absolute Gasteiger partial charge is 0.254 e. The number of imide groups is 1. The van der Waals surface area contributed by atoms with E-state index in [1.165, 1.54) is 6.08 Å². The molecule has 0 bridgehead atoms. The van der Waals surface area contributed by atoms with Crippen LogP contribution in [0.5, 0.6) is 0 Å². The van der Waals surface area contributed by atoms with E-state index in [2.05, 4.69) is 5.32 Å². The van der Waals surface area contributed by atoms with E-state index < -0.39 is 0 Å². The number of carbonyl (C=O) groups is 2. The molecule has 2 amide bonds. The zero-order valence-electron chi connectivity index (χ0n) is 7.54.